The maximum atomic E-state index is 11.9. The van der Waals surface area contributed by atoms with E-state index in [2.05, 4.69) is 40.7 Å². The van der Waals surface area contributed by atoms with E-state index >= 15 is 0 Å². The van der Waals surface area contributed by atoms with Gasteiger partial charge in [0.25, 0.3) is 5.91 Å². The Bertz CT molecular complexity index is 1230. The lowest BCUT2D eigenvalue weighted by molar-refractivity contribution is 0.100. The topological polar surface area (TPSA) is 159 Å². The van der Waals surface area contributed by atoms with Gasteiger partial charge in [-0.25, -0.2) is 19.9 Å². The van der Waals surface area contributed by atoms with Crippen molar-refractivity contribution in [3.8, 4) is 17.1 Å². The number of para-hydroxylation sites is 1. The minimum Gasteiger partial charge on any atom is -0.494 e. The van der Waals surface area contributed by atoms with Crippen LogP contribution in [0.4, 0.5) is 23.3 Å². The molecule has 0 radical (unpaired) electrons. The summed E-state index contributed by atoms with van der Waals surface area (Å²) in [5.41, 5.74) is 6.83. The second-order valence-corrected chi connectivity index (χ2v) is 6.29. The van der Waals surface area contributed by atoms with Crippen LogP contribution in [0.2, 0.25) is 0 Å². The van der Waals surface area contributed by atoms with E-state index in [9.17, 15) is 4.79 Å². The first-order chi connectivity index (χ1) is 15.0. The molecule has 0 aliphatic rings. The quantitative estimate of drug-likeness (QED) is 0.403. The van der Waals surface area contributed by atoms with Gasteiger partial charge in [0.05, 0.1) is 18.4 Å². The van der Waals surface area contributed by atoms with Crippen molar-refractivity contribution in [2.24, 2.45) is 12.8 Å². The minimum absolute atomic E-state index is 0.108. The third-order valence-electron chi connectivity index (χ3n) is 4.19. The number of nitrogens with two attached hydrogens (primary N) is 1. The summed E-state index contributed by atoms with van der Waals surface area (Å²) < 4.78 is 7.19. The lowest BCUT2D eigenvalue weighted by atomic mass is 10.1. The van der Waals surface area contributed by atoms with E-state index < -0.39 is 5.91 Å². The Morgan fingerprint density at radius 2 is 2.03 bits per heavy atom. The lowest BCUT2D eigenvalue weighted by Gasteiger charge is -2.15. The zero-order valence-corrected chi connectivity index (χ0v) is 16.6. The van der Waals surface area contributed by atoms with Crippen LogP contribution < -0.4 is 21.1 Å². The highest BCUT2D eigenvalue weighted by atomic mass is 16.5. The molecule has 4 rings (SSSR count). The molecule has 0 unspecified atom stereocenters. The van der Waals surface area contributed by atoms with Gasteiger partial charge in [-0.2, -0.15) is 10.1 Å². The third-order valence-corrected chi connectivity index (χ3v) is 4.19. The summed E-state index contributed by atoms with van der Waals surface area (Å²) in [5, 5.41) is 10.4. The molecular weight excluding hydrogens is 400 g/mol. The zero-order chi connectivity index (χ0) is 21.8. The van der Waals surface area contributed by atoms with Gasteiger partial charge >= 0.3 is 0 Å². The Balaban J connectivity index is 1.72. The number of nitrogens with zero attached hydrogens (tertiary/aromatic N) is 7. The third kappa shape index (κ3) is 4.22. The molecule has 0 atom stereocenters. The molecule has 0 aliphatic carbocycles. The molecule has 4 aromatic rings. The number of anilines is 4. The van der Waals surface area contributed by atoms with Gasteiger partial charge in [-0.1, -0.05) is 6.07 Å². The summed E-state index contributed by atoms with van der Waals surface area (Å²) in [4.78, 5) is 32.6. The molecular formula is C19H18N10O2. The number of aryl methyl sites for hydroxylation is 1. The molecule has 0 aliphatic heterocycles. The van der Waals surface area contributed by atoms with Crippen LogP contribution >= 0.6 is 0 Å². The molecule has 0 saturated heterocycles. The number of carbonyl (C=O) groups is 1. The van der Waals surface area contributed by atoms with E-state index in [0.717, 1.165) is 0 Å². The molecule has 1 aromatic carbocycles. The maximum Gasteiger partial charge on any atom is 0.254 e. The summed E-state index contributed by atoms with van der Waals surface area (Å²) in [7, 11) is 3.31. The smallest absolute Gasteiger partial charge is 0.254 e. The number of ether oxygens (including phenoxy) is 1. The molecule has 156 valence electrons. The number of rotatable bonds is 7. The number of primary amides is 1. The summed E-state index contributed by atoms with van der Waals surface area (Å²) in [5.74, 6) is 1.20. The van der Waals surface area contributed by atoms with Gasteiger partial charge < -0.3 is 21.1 Å². The van der Waals surface area contributed by atoms with Crippen LogP contribution in [0, 0.1) is 0 Å². The average Bonchev–Trinajstić information content (AvgIpc) is 3.20. The van der Waals surface area contributed by atoms with E-state index in [1.54, 1.807) is 36.4 Å². The standard InChI is InChI=1S/C19H18N10O2/c1-29-10-24-17(28-29)11-4-3-5-13(15(11)31-2)25-18-12(16(20)30)8-22-19(27-18)26-14-6-7-21-9-23-14/h3-10H,1-2H3,(H2,20,30)(H2,21,22,23,25,26,27). The average molecular weight is 418 g/mol. The van der Waals surface area contributed by atoms with Gasteiger partial charge in [-0.15, -0.1) is 0 Å². The number of hydrogen-bond acceptors (Lipinski definition) is 10. The molecule has 31 heavy (non-hydrogen) atoms. The number of methoxy groups -OCH3 is 1. The van der Waals surface area contributed by atoms with Gasteiger partial charge in [-0.05, 0) is 18.2 Å². The molecule has 3 aromatic heterocycles. The molecule has 0 fully saturated rings. The number of benzene rings is 1. The Labute approximate surface area is 176 Å². The molecule has 12 heteroatoms. The van der Waals surface area contributed by atoms with Crippen LogP contribution in [-0.2, 0) is 7.05 Å². The van der Waals surface area contributed by atoms with Gasteiger partial charge in [0, 0.05) is 19.4 Å². The number of nitrogens with one attached hydrogen (secondary N) is 2. The van der Waals surface area contributed by atoms with E-state index in [4.69, 9.17) is 10.5 Å². The van der Waals surface area contributed by atoms with Crippen molar-refractivity contribution in [1.82, 2.24) is 34.7 Å². The number of carbonyl (C=O) groups excluding carboxylic acids is 1. The van der Waals surface area contributed by atoms with E-state index in [1.165, 1.54) is 19.6 Å². The molecule has 0 bridgehead atoms. The molecule has 12 nitrogen and oxygen atoms in total. The summed E-state index contributed by atoms with van der Waals surface area (Å²) in [6.07, 6.45) is 5.89. The predicted octanol–water partition coefficient (Wildman–Crippen LogP) is 1.66. The maximum absolute atomic E-state index is 11.9. The summed E-state index contributed by atoms with van der Waals surface area (Å²) in [6, 6.07) is 7.07. The highest BCUT2D eigenvalue weighted by molar-refractivity contribution is 5.98. The second-order valence-electron chi connectivity index (χ2n) is 6.29. The SMILES string of the molecule is COc1c(Nc2nc(Nc3ccncn3)ncc2C(N)=O)cccc1-c1ncn(C)n1. The first-order valence-corrected chi connectivity index (χ1v) is 9.05. The first kappa shape index (κ1) is 19.7. The molecule has 4 N–H and O–H groups in total. The Morgan fingerprint density at radius 1 is 1.16 bits per heavy atom. The van der Waals surface area contributed by atoms with Crippen molar-refractivity contribution in [2.75, 3.05) is 17.7 Å². The van der Waals surface area contributed by atoms with Crippen LogP contribution in [0.1, 0.15) is 10.4 Å². The predicted molar refractivity (Wildman–Crippen MR) is 112 cm³/mol. The fourth-order valence-electron chi connectivity index (χ4n) is 2.82. The van der Waals surface area contributed by atoms with Crippen molar-refractivity contribution in [3.05, 3.63) is 54.9 Å². The van der Waals surface area contributed by atoms with Crippen molar-refractivity contribution in [2.45, 2.75) is 0 Å². The Morgan fingerprint density at radius 3 is 2.71 bits per heavy atom. The first-order valence-electron chi connectivity index (χ1n) is 9.05. The largest absolute Gasteiger partial charge is 0.494 e. The van der Waals surface area contributed by atoms with Crippen molar-refractivity contribution >= 4 is 29.2 Å². The highest BCUT2D eigenvalue weighted by Crippen LogP contribution is 2.36. The second kappa shape index (κ2) is 8.41. The fraction of sp³-hybridized carbons (Fsp3) is 0.105. The van der Waals surface area contributed by atoms with Crippen molar-refractivity contribution in [3.63, 3.8) is 0 Å². The van der Waals surface area contributed by atoms with Crippen LogP contribution in [-0.4, -0.2) is 47.7 Å². The number of aromatic nitrogens is 7. The summed E-state index contributed by atoms with van der Waals surface area (Å²) >= 11 is 0. The van der Waals surface area contributed by atoms with Gasteiger partial charge in [0.15, 0.2) is 11.6 Å². The monoisotopic (exact) mass is 418 g/mol. The highest BCUT2D eigenvalue weighted by Gasteiger charge is 2.18. The normalized spacial score (nSPS) is 10.5. The van der Waals surface area contributed by atoms with Crippen LogP contribution in [0.15, 0.2) is 49.3 Å². The number of hydrogen-bond donors (Lipinski definition) is 3. The van der Waals surface area contributed by atoms with Gasteiger partial charge in [-0.3, -0.25) is 9.48 Å². The Hall–Kier alpha value is -4.61. The van der Waals surface area contributed by atoms with E-state index in [-0.39, 0.29) is 17.3 Å². The van der Waals surface area contributed by atoms with Crippen molar-refractivity contribution in [1.29, 1.82) is 0 Å². The number of amides is 1. The fourth-order valence-corrected chi connectivity index (χ4v) is 2.82. The van der Waals surface area contributed by atoms with E-state index in [1.807, 2.05) is 12.1 Å². The summed E-state index contributed by atoms with van der Waals surface area (Å²) in [6.45, 7) is 0. The Kier molecular flexibility index (Phi) is 5.34. The van der Waals surface area contributed by atoms with Crippen LogP contribution in [0.5, 0.6) is 5.75 Å². The lowest BCUT2D eigenvalue weighted by Crippen LogP contribution is -2.16. The molecule has 3 heterocycles. The molecule has 0 spiro atoms. The van der Waals surface area contributed by atoms with Crippen LogP contribution in [0.3, 0.4) is 0 Å². The zero-order valence-electron chi connectivity index (χ0n) is 16.6. The molecule has 0 saturated carbocycles. The van der Waals surface area contributed by atoms with Crippen LogP contribution in [0.25, 0.3) is 11.4 Å². The minimum atomic E-state index is -0.683. The van der Waals surface area contributed by atoms with Gasteiger partial charge in [0.2, 0.25) is 5.95 Å². The van der Waals surface area contributed by atoms with Gasteiger partial charge in [0.1, 0.15) is 29.9 Å². The molecule has 1 amide bonds. The van der Waals surface area contributed by atoms with E-state index in [0.29, 0.717) is 28.6 Å². The van der Waals surface area contributed by atoms with Crippen molar-refractivity contribution < 1.29 is 9.53 Å².